The summed E-state index contributed by atoms with van der Waals surface area (Å²) in [7, 11) is -3.29. The quantitative estimate of drug-likeness (QED) is 0.891. The number of hydrogen-bond acceptors (Lipinski definition) is 2. The Hall–Kier alpha value is -1.36. The van der Waals surface area contributed by atoms with E-state index < -0.39 is 10.0 Å². The molecule has 0 aliphatic heterocycles. The van der Waals surface area contributed by atoms with Crippen LogP contribution < -0.4 is 4.72 Å². The molecule has 0 saturated carbocycles. The first-order valence-electron chi connectivity index (χ1n) is 6.31. The first kappa shape index (κ1) is 15.0. The molecule has 5 heteroatoms. The van der Waals surface area contributed by atoms with Crippen molar-refractivity contribution in [3.05, 3.63) is 70.7 Å². The number of sulfonamides is 1. The van der Waals surface area contributed by atoms with E-state index in [0.717, 1.165) is 11.1 Å². The fourth-order valence-electron chi connectivity index (χ4n) is 1.85. The maximum Gasteiger partial charge on any atom is 0.215 e. The minimum Gasteiger partial charge on any atom is -0.215 e. The van der Waals surface area contributed by atoms with Crippen molar-refractivity contribution >= 4 is 21.6 Å². The Kier molecular flexibility index (Phi) is 5.17. The zero-order valence-corrected chi connectivity index (χ0v) is 12.5. The molecule has 3 nitrogen and oxygen atoms in total. The maximum atomic E-state index is 11.9. The van der Waals surface area contributed by atoms with Gasteiger partial charge in [-0.2, -0.15) is 0 Å². The SMILES string of the molecule is O=S(=O)(Cc1ccccc1)NCCc1ccc(Cl)cc1. The maximum absolute atomic E-state index is 11.9. The van der Waals surface area contributed by atoms with Crippen LogP contribution in [0.1, 0.15) is 11.1 Å². The van der Waals surface area contributed by atoms with Crippen molar-refractivity contribution in [3.63, 3.8) is 0 Å². The third-order valence-electron chi connectivity index (χ3n) is 2.85. The molecule has 0 aliphatic rings. The van der Waals surface area contributed by atoms with Crippen LogP contribution in [0.3, 0.4) is 0 Å². The van der Waals surface area contributed by atoms with E-state index in [-0.39, 0.29) is 5.75 Å². The number of rotatable bonds is 6. The van der Waals surface area contributed by atoms with Crippen molar-refractivity contribution in [2.45, 2.75) is 12.2 Å². The van der Waals surface area contributed by atoms with Crippen molar-refractivity contribution in [2.75, 3.05) is 6.54 Å². The Morgan fingerprint density at radius 3 is 2.20 bits per heavy atom. The average molecular weight is 310 g/mol. The summed E-state index contributed by atoms with van der Waals surface area (Å²) in [5.74, 6) is 0.00839. The molecule has 0 spiro atoms. The van der Waals surface area contributed by atoms with Gasteiger partial charge in [-0.15, -0.1) is 0 Å². The molecule has 20 heavy (non-hydrogen) atoms. The summed E-state index contributed by atoms with van der Waals surface area (Å²) in [4.78, 5) is 0. The second kappa shape index (κ2) is 6.88. The van der Waals surface area contributed by atoms with Crippen LogP contribution >= 0.6 is 11.6 Å². The van der Waals surface area contributed by atoms with E-state index in [0.29, 0.717) is 18.0 Å². The molecule has 0 aromatic heterocycles. The van der Waals surface area contributed by atoms with Crippen LogP contribution in [0.5, 0.6) is 0 Å². The molecule has 0 aliphatic carbocycles. The molecule has 0 saturated heterocycles. The van der Waals surface area contributed by atoms with Gasteiger partial charge in [-0.1, -0.05) is 54.1 Å². The number of hydrogen-bond donors (Lipinski definition) is 1. The number of halogens is 1. The molecule has 2 aromatic carbocycles. The minimum atomic E-state index is -3.29. The second-order valence-electron chi connectivity index (χ2n) is 4.52. The van der Waals surface area contributed by atoms with E-state index in [4.69, 9.17) is 11.6 Å². The fraction of sp³-hybridized carbons (Fsp3) is 0.200. The second-order valence-corrected chi connectivity index (χ2v) is 6.76. The number of nitrogens with one attached hydrogen (secondary N) is 1. The molecular formula is C15H16ClNO2S. The highest BCUT2D eigenvalue weighted by atomic mass is 35.5. The van der Waals surface area contributed by atoms with Gasteiger partial charge in [0.1, 0.15) is 0 Å². The van der Waals surface area contributed by atoms with Crippen molar-refractivity contribution < 1.29 is 8.42 Å². The van der Waals surface area contributed by atoms with Gasteiger partial charge in [0, 0.05) is 11.6 Å². The zero-order valence-electron chi connectivity index (χ0n) is 10.9. The van der Waals surface area contributed by atoms with Crippen LogP contribution in [0.15, 0.2) is 54.6 Å². The van der Waals surface area contributed by atoms with Crippen LogP contribution in [-0.2, 0) is 22.2 Å². The predicted octanol–water partition coefficient (Wildman–Crippen LogP) is 3.00. The Morgan fingerprint density at radius 1 is 0.900 bits per heavy atom. The van der Waals surface area contributed by atoms with E-state index in [1.54, 1.807) is 24.3 Å². The highest BCUT2D eigenvalue weighted by Crippen LogP contribution is 2.10. The van der Waals surface area contributed by atoms with Gasteiger partial charge in [-0.05, 0) is 29.7 Å². The van der Waals surface area contributed by atoms with Gasteiger partial charge in [0.2, 0.25) is 10.0 Å². The van der Waals surface area contributed by atoms with E-state index in [2.05, 4.69) is 4.72 Å². The van der Waals surface area contributed by atoms with Gasteiger partial charge < -0.3 is 0 Å². The van der Waals surface area contributed by atoms with E-state index >= 15 is 0 Å². The summed E-state index contributed by atoms with van der Waals surface area (Å²) < 4.78 is 26.4. The third-order valence-corrected chi connectivity index (χ3v) is 4.46. The lowest BCUT2D eigenvalue weighted by Gasteiger charge is -2.07. The molecule has 0 amide bonds. The minimum absolute atomic E-state index is 0.00839. The van der Waals surface area contributed by atoms with Gasteiger partial charge in [-0.3, -0.25) is 0 Å². The van der Waals surface area contributed by atoms with Crippen molar-refractivity contribution in [1.29, 1.82) is 0 Å². The Bertz CT molecular complexity index is 639. The lowest BCUT2D eigenvalue weighted by molar-refractivity contribution is 0.581. The van der Waals surface area contributed by atoms with Crippen LogP contribution in [-0.4, -0.2) is 15.0 Å². The molecule has 0 heterocycles. The normalized spacial score (nSPS) is 11.4. The fourth-order valence-corrected chi connectivity index (χ4v) is 3.12. The predicted molar refractivity (Wildman–Crippen MR) is 82.2 cm³/mol. The van der Waals surface area contributed by atoms with E-state index in [9.17, 15) is 8.42 Å². The summed E-state index contributed by atoms with van der Waals surface area (Å²) >= 11 is 5.80. The zero-order chi connectivity index (χ0) is 14.4. The highest BCUT2D eigenvalue weighted by molar-refractivity contribution is 7.88. The summed E-state index contributed by atoms with van der Waals surface area (Å²) in [6, 6.07) is 16.5. The molecule has 2 rings (SSSR count). The van der Waals surface area contributed by atoms with Crippen molar-refractivity contribution in [2.24, 2.45) is 0 Å². The topological polar surface area (TPSA) is 46.2 Å². The molecule has 0 fully saturated rings. The van der Waals surface area contributed by atoms with Crippen molar-refractivity contribution in [3.8, 4) is 0 Å². The van der Waals surface area contributed by atoms with Gasteiger partial charge >= 0.3 is 0 Å². The summed E-state index contributed by atoms with van der Waals surface area (Å²) in [6.45, 7) is 0.386. The summed E-state index contributed by atoms with van der Waals surface area (Å²) in [6.07, 6.45) is 0.644. The first-order chi connectivity index (χ1) is 9.55. The van der Waals surface area contributed by atoms with Crippen LogP contribution in [0, 0.1) is 0 Å². The smallest absolute Gasteiger partial charge is 0.215 e. The summed E-state index contributed by atoms with van der Waals surface area (Å²) in [5.41, 5.74) is 1.84. The van der Waals surface area contributed by atoms with Crippen LogP contribution in [0.4, 0.5) is 0 Å². The average Bonchev–Trinajstić information content (AvgIpc) is 2.41. The Balaban J connectivity index is 1.85. The largest absolute Gasteiger partial charge is 0.215 e. The Morgan fingerprint density at radius 2 is 1.55 bits per heavy atom. The van der Waals surface area contributed by atoms with E-state index in [1.807, 2.05) is 30.3 Å². The van der Waals surface area contributed by atoms with Gasteiger partial charge in [0.15, 0.2) is 0 Å². The molecule has 1 N–H and O–H groups in total. The van der Waals surface area contributed by atoms with Gasteiger partial charge in [0.05, 0.1) is 5.75 Å². The molecule has 2 aromatic rings. The molecule has 0 unspecified atom stereocenters. The van der Waals surface area contributed by atoms with E-state index in [1.165, 1.54) is 0 Å². The third kappa shape index (κ3) is 4.96. The number of benzene rings is 2. The monoisotopic (exact) mass is 309 g/mol. The molecular weight excluding hydrogens is 294 g/mol. The first-order valence-corrected chi connectivity index (χ1v) is 8.34. The van der Waals surface area contributed by atoms with Gasteiger partial charge in [-0.25, -0.2) is 13.1 Å². The Labute approximate surface area is 124 Å². The molecule has 0 atom stereocenters. The summed E-state index contributed by atoms with van der Waals surface area (Å²) in [5, 5.41) is 0.679. The molecule has 0 bridgehead atoms. The lowest BCUT2D eigenvalue weighted by atomic mass is 10.2. The van der Waals surface area contributed by atoms with Gasteiger partial charge in [0.25, 0.3) is 0 Å². The highest BCUT2D eigenvalue weighted by Gasteiger charge is 2.10. The van der Waals surface area contributed by atoms with Crippen LogP contribution in [0.2, 0.25) is 5.02 Å². The lowest BCUT2D eigenvalue weighted by Crippen LogP contribution is -2.27. The van der Waals surface area contributed by atoms with Crippen molar-refractivity contribution in [1.82, 2.24) is 4.72 Å². The van der Waals surface area contributed by atoms with Crippen LogP contribution in [0.25, 0.3) is 0 Å². The standard InChI is InChI=1S/C15H16ClNO2S/c16-15-8-6-13(7-9-15)10-11-17-20(18,19)12-14-4-2-1-3-5-14/h1-9,17H,10-12H2. The molecule has 106 valence electrons. The molecule has 0 radical (unpaired) electrons.